The fraction of sp³-hybridized carbons (Fsp3) is 0.615. The molecule has 6 nitrogen and oxygen atoms in total. The van der Waals surface area contributed by atoms with Crippen LogP contribution in [0.1, 0.15) is 34.1 Å². The summed E-state index contributed by atoms with van der Waals surface area (Å²) in [6.45, 7) is 9.47. The standard InChI is InChI=1S/C13H22N6/c1-5-6-14-13-18-11-10(15-7-16-11)12(19-13)17-9(4)8(2)3/h7-9H,5-6H2,1-4H3,(H3,14,15,16,17,18,19). The SMILES string of the molecule is CCCNc1nc(NC(C)C(C)C)c2[nH]cnc2n1. The van der Waals surface area contributed by atoms with Crippen molar-refractivity contribution in [2.24, 2.45) is 5.92 Å². The van der Waals surface area contributed by atoms with Crippen molar-refractivity contribution < 1.29 is 0 Å². The lowest BCUT2D eigenvalue weighted by atomic mass is 10.1. The minimum absolute atomic E-state index is 0.334. The van der Waals surface area contributed by atoms with Crippen molar-refractivity contribution in [3.8, 4) is 0 Å². The number of nitrogens with one attached hydrogen (secondary N) is 3. The number of rotatable bonds is 6. The first-order chi connectivity index (χ1) is 9.11. The molecule has 3 N–H and O–H groups in total. The van der Waals surface area contributed by atoms with E-state index in [4.69, 9.17) is 0 Å². The first kappa shape index (κ1) is 13.6. The van der Waals surface area contributed by atoms with Crippen LogP contribution < -0.4 is 10.6 Å². The molecule has 0 saturated heterocycles. The van der Waals surface area contributed by atoms with E-state index in [0.29, 0.717) is 23.6 Å². The van der Waals surface area contributed by atoms with E-state index < -0.39 is 0 Å². The molecule has 0 amide bonds. The molecule has 1 atom stereocenters. The third-order valence-electron chi connectivity index (χ3n) is 3.18. The number of hydrogen-bond acceptors (Lipinski definition) is 5. The summed E-state index contributed by atoms with van der Waals surface area (Å²) >= 11 is 0. The Bertz CT molecular complexity index is 533. The van der Waals surface area contributed by atoms with Crippen molar-refractivity contribution in [1.29, 1.82) is 0 Å². The second-order valence-electron chi connectivity index (χ2n) is 5.10. The average molecular weight is 262 g/mol. The summed E-state index contributed by atoms with van der Waals surface area (Å²) < 4.78 is 0. The summed E-state index contributed by atoms with van der Waals surface area (Å²) in [6, 6.07) is 0.334. The van der Waals surface area contributed by atoms with Crippen LogP contribution in [0, 0.1) is 5.92 Å². The van der Waals surface area contributed by atoms with Gasteiger partial charge in [-0.2, -0.15) is 9.97 Å². The van der Waals surface area contributed by atoms with Gasteiger partial charge in [-0.3, -0.25) is 0 Å². The number of H-pyrrole nitrogens is 1. The molecule has 19 heavy (non-hydrogen) atoms. The zero-order valence-corrected chi connectivity index (χ0v) is 12.0. The Kier molecular flexibility index (Phi) is 4.19. The number of anilines is 2. The number of imidazole rings is 1. The maximum Gasteiger partial charge on any atom is 0.226 e. The van der Waals surface area contributed by atoms with Gasteiger partial charge >= 0.3 is 0 Å². The van der Waals surface area contributed by atoms with Gasteiger partial charge in [0.25, 0.3) is 0 Å². The second-order valence-corrected chi connectivity index (χ2v) is 5.10. The van der Waals surface area contributed by atoms with E-state index in [0.717, 1.165) is 24.3 Å². The second kappa shape index (κ2) is 5.86. The van der Waals surface area contributed by atoms with E-state index in [1.807, 2.05) is 0 Å². The van der Waals surface area contributed by atoms with Crippen molar-refractivity contribution in [2.45, 2.75) is 40.2 Å². The van der Waals surface area contributed by atoms with Crippen LogP contribution in [-0.2, 0) is 0 Å². The van der Waals surface area contributed by atoms with Gasteiger partial charge in [-0.15, -0.1) is 0 Å². The van der Waals surface area contributed by atoms with Gasteiger partial charge in [0.2, 0.25) is 5.95 Å². The lowest BCUT2D eigenvalue weighted by Gasteiger charge is -2.18. The van der Waals surface area contributed by atoms with Crippen molar-refractivity contribution in [1.82, 2.24) is 19.9 Å². The van der Waals surface area contributed by atoms with Crippen LogP contribution in [0.3, 0.4) is 0 Å². The molecule has 1 unspecified atom stereocenters. The van der Waals surface area contributed by atoms with Crippen molar-refractivity contribution >= 4 is 22.9 Å². The molecule has 0 aromatic carbocycles. The van der Waals surface area contributed by atoms with E-state index in [2.05, 4.69) is 58.3 Å². The number of aromatic nitrogens is 4. The number of fused-ring (bicyclic) bond motifs is 1. The van der Waals surface area contributed by atoms with Gasteiger partial charge in [0, 0.05) is 12.6 Å². The first-order valence-corrected chi connectivity index (χ1v) is 6.83. The quantitative estimate of drug-likeness (QED) is 0.746. The minimum atomic E-state index is 0.334. The van der Waals surface area contributed by atoms with E-state index in [-0.39, 0.29) is 0 Å². The van der Waals surface area contributed by atoms with E-state index in [9.17, 15) is 0 Å². The predicted octanol–water partition coefficient (Wildman–Crippen LogP) is 2.63. The van der Waals surface area contributed by atoms with E-state index in [1.165, 1.54) is 0 Å². The number of hydrogen-bond donors (Lipinski definition) is 3. The van der Waals surface area contributed by atoms with Crippen LogP contribution in [-0.4, -0.2) is 32.5 Å². The highest BCUT2D eigenvalue weighted by molar-refractivity contribution is 5.83. The molecule has 2 aromatic heterocycles. The van der Waals surface area contributed by atoms with Gasteiger partial charge in [0.05, 0.1) is 6.33 Å². The maximum absolute atomic E-state index is 4.53. The Balaban J connectivity index is 2.31. The molecular weight excluding hydrogens is 240 g/mol. The van der Waals surface area contributed by atoms with Gasteiger partial charge < -0.3 is 15.6 Å². The summed E-state index contributed by atoms with van der Waals surface area (Å²) in [5.41, 5.74) is 1.54. The van der Waals surface area contributed by atoms with Gasteiger partial charge in [0.15, 0.2) is 11.5 Å². The van der Waals surface area contributed by atoms with Crippen LogP contribution in [0.25, 0.3) is 11.2 Å². The highest BCUT2D eigenvalue weighted by Gasteiger charge is 2.13. The molecule has 0 aliphatic rings. The molecule has 2 rings (SSSR count). The minimum Gasteiger partial charge on any atom is -0.365 e. The molecule has 0 spiro atoms. The molecule has 6 heteroatoms. The predicted molar refractivity (Wildman–Crippen MR) is 78.4 cm³/mol. The third kappa shape index (κ3) is 3.13. The van der Waals surface area contributed by atoms with Gasteiger partial charge in [-0.25, -0.2) is 4.98 Å². The van der Waals surface area contributed by atoms with Gasteiger partial charge in [-0.1, -0.05) is 20.8 Å². The fourth-order valence-electron chi connectivity index (χ4n) is 1.64. The summed E-state index contributed by atoms with van der Waals surface area (Å²) in [4.78, 5) is 16.2. The Hall–Kier alpha value is -1.85. The van der Waals surface area contributed by atoms with Crippen LogP contribution >= 0.6 is 0 Å². The molecule has 104 valence electrons. The lowest BCUT2D eigenvalue weighted by molar-refractivity contribution is 0.559. The van der Waals surface area contributed by atoms with Crippen molar-refractivity contribution in [3.63, 3.8) is 0 Å². The highest BCUT2D eigenvalue weighted by atomic mass is 15.2. The smallest absolute Gasteiger partial charge is 0.226 e. The van der Waals surface area contributed by atoms with Gasteiger partial charge in [0.1, 0.15) is 5.52 Å². The van der Waals surface area contributed by atoms with Crippen LogP contribution in [0.15, 0.2) is 6.33 Å². The molecule has 0 radical (unpaired) electrons. The normalized spacial score (nSPS) is 12.9. The number of aromatic amines is 1. The van der Waals surface area contributed by atoms with E-state index >= 15 is 0 Å². The summed E-state index contributed by atoms with van der Waals surface area (Å²) in [7, 11) is 0. The highest BCUT2D eigenvalue weighted by Crippen LogP contribution is 2.20. The molecule has 0 aliphatic carbocycles. The van der Waals surface area contributed by atoms with Crippen LogP contribution in [0.4, 0.5) is 11.8 Å². The Labute approximate surface area is 113 Å². The fourth-order valence-corrected chi connectivity index (χ4v) is 1.64. The largest absolute Gasteiger partial charge is 0.365 e. The molecule has 0 fully saturated rings. The van der Waals surface area contributed by atoms with Crippen LogP contribution in [0.2, 0.25) is 0 Å². The van der Waals surface area contributed by atoms with Crippen LogP contribution in [0.5, 0.6) is 0 Å². The average Bonchev–Trinajstić information content (AvgIpc) is 2.84. The van der Waals surface area contributed by atoms with Crippen molar-refractivity contribution in [2.75, 3.05) is 17.2 Å². The molecule has 0 saturated carbocycles. The molecule has 2 aromatic rings. The first-order valence-electron chi connectivity index (χ1n) is 6.83. The zero-order chi connectivity index (χ0) is 13.8. The summed E-state index contributed by atoms with van der Waals surface area (Å²) in [6.07, 6.45) is 2.68. The van der Waals surface area contributed by atoms with Crippen molar-refractivity contribution in [3.05, 3.63) is 6.33 Å². The Morgan fingerprint density at radius 2 is 2.05 bits per heavy atom. The molecular formula is C13H22N6. The lowest BCUT2D eigenvalue weighted by Crippen LogP contribution is -2.22. The Morgan fingerprint density at radius 1 is 1.26 bits per heavy atom. The summed E-state index contributed by atoms with van der Waals surface area (Å²) in [5.74, 6) is 1.96. The Morgan fingerprint density at radius 3 is 2.74 bits per heavy atom. The molecule has 0 aliphatic heterocycles. The van der Waals surface area contributed by atoms with Gasteiger partial charge in [-0.05, 0) is 19.3 Å². The molecule has 2 heterocycles. The zero-order valence-electron chi connectivity index (χ0n) is 12.0. The topological polar surface area (TPSA) is 78.5 Å². The third-order valence-corrected chi connectivity index (χ3v) is 3.18. The molecule has 0 bridgehead atoms. The van der Waals surface area contributed by atoms with E-state index in [1.54, 1.807) is 6.33 Å². The summed E-state index contributed by atoms with van der Waals surface area (Å²) in [5, 5.41) is 6.63. The monoisotopic (exact) mass is 262 g/mol. The number of nitrogens with zero attached hydrogens (tertiary/aromatic N) is 3. The maximum atomic E-state index is 4.53.